The number of allylic oxidation sites excluding steroid dienone is 6. The van der Waals surface area contributed by atoms with Gasteiger partial charge in [-0.25, -0.2) is 4.39 Å². The lowest BCUT2D eigenvalue weighted by atomic mass is 9.77. The second-order valence-corrected chi connectivity index (χ2v) is 9.05. The van der Waals surface area contributed by atoms with Gasteiger partial charge in [-0.15, -0.1) is 0 Å². The van der Waals surface area contributed by atoms with Crippen LogP contribution >= 0.6 is 0 Å². The van der Waals surface area contributed by atoms with Gasteiger partial charge in [-0.05, 0) is 65.0 Å². The molecular weight excluding hydrogens is 367 g/mol. The van der Waals surface area contributed by atoms with Crippen molar-refractivity contribution in [3.05, 3.63) is 101 Å². The molecular formula is C29H35F. The minimum absolute atomic E-state index is 0.187. The van der Waals surface area contributed by atoms with Gasteiger partial charge in [-0.2, -0.15) is 0 Å². The molecule has 0 saturated heterocycles. The number of hydrogen-bond donors (Lipinski definition) is 0. The summed E-state index contributed by atoms with van der Waals surface area (Å²) in [5.41, 5.74) is 6.13. The first kappa shape index (κ1) is 22.3. The molecule has 0 nitrogen and oxygen atoms in total. The van der Waals surface area contributed by atoms with Gasteiger partial charge in [-0.1, -0.05) is 101 Å². The fraction of sp³-hybridized carbons (Fsp3) is 0.379. The molecule has 0 amide bonds. The molecule has 0 aromatic heterocycles. The molecule has 0 bridgehead atoms. The number of hydrogen-bond acceptors (Lipinski definition) is 0. The molecule has 158 valence electrons. The summed E-state index contributed by atoms with van der Waals surface area (Å²) in [5.74, 6) is 1.08. The van der Waals surface area contributed by atoms with Crippen LogP contribution in [0.4, 0.5) is 4.39 Å². The summed E-state index contributed by atoms with van der Waals surface area (Å²) < 4.78 is 15.1. The van der Waals surface area contributed by atoms with Crippen molar-refractivity contribution >= 4 is 5.57 Å². The van der Waals surface area contributed by atoms with E-state index in [-0.39, 0.29) is 5.92 Å². The maximum Gasteiger partial charge on any atom is 0.129 e. The van der Waals surface area contributed by atoms with E-state index in [9.17, 15) is 0 Å². The van der Waals surface area contributed by atoms with E-state index in [1.165, 1.54) is 16.7 Å². The summed E-state index contributed by atoms with van der Waals surface area (Å²) in [6.07, 6.45) is 8.23. The van der Waals surface area contributed by atoms with Gasteiger partial charge >= 0.3 is 0 Å². The summed E-state index contributed by atoms with van der Waals surface area (Å²) in [6.45, 7) is 11.0. The number of rotatable bonds is 7. The first-order valence-electron chi connectivity index (χ1n) is 11.2. The molecule has 3 rings (SSSR count). The highest BCUT2D eigenvalue weighted by atomic mass is 19.1. The Morgan fingerprint density at radius 2 is 1.63 bits per heavy atom. The molecule has 0 aliphatic heterocycles. The largest absolute Gasteiger partial charge is 0.242 e. The van der Waals surface area contributed by atoms with Gasteiger partial charge in [0.1, 0.15) is 6.17 Å². The Kier molecular flexibility index (Phi) is 7.48. The lowest BCUT2D eigenvalue weighted by Gasteiger charge is -2.28. The van der Waals surface area contributed by atoms with Crippen LogP contribution in [0, 0.1) is 11.8 Å². The predicted octanol–water partition coefficient (Wildman–Crippen LogP) is 8.49. The van der Waals surface area contributed by atoms with Crippen LogP contribution in [-0.4, -0.2) is 6.17 Å². The highest BCUT2D eigenvalue weighted by molar-refractivity contribution is 5.66. The lowest BCUT2D eigenvalue weighted by molar-refractivity contribution is 0.358. The second-order valence-electron chi connectivity index (χ2n) is 9.05. The van der Waals surface area contributed by atoms with Crippen molar-refractivity contribution in [1.29, 1.82) is 0 Å². The fourth-order valence-corrected chi connectivity index (χ4v) is 4.34. The van der Waals surface area contributed by atoms with E-state index in [1.54, 1.807) is 0 Å². The van der Waals surface area contributed by atoms with Crippen LogP contribution in [0.2, 0.25) is 0 Å². The van der Waals surface area contributed by atoms with E-state index in [1.807, 2.05) is 36.4 Å². The number of alkyl halides is 1. The van der Waals surface area contributed by atoms with Crippen LogP contribution in [0.1, 0.15) is 69.6 Å². The normalized spacial score (nSPS) is 20.5. The Morgan fingerprint density at radius 3 is 2.17 bits per heavy atom. The third kappa shape index (κ3) is 5.19. The van der Waals surface area contributed by atoms with Crippen molar-refractivity contribution < 1.29 is 4.39 Å². The van der Waals surface area contributed by atoms with Crippen LogP contribution in [0.3, 0.4) is 0 Å². The van der Waals surface area contributed by atoms with Gasteiger partial charge in [0.25, 0.3) is 0 Å². The van der Waals surface area contributed by atoms with Crippen LogP contribution in [0.5, 0.6) is 0 Å². The van der Waals surface area contributed by atoms with Crippen LogP contribution in [-0.2, 0) is 0 Å². The van der Waals surface area contributed by atoms with Crippen LogP contribution in [0.15, 0.2) is 84.5 Å². The third-order valence-electron chi connectivity index (χ3n) is 6.34. The summed E-state index contributed by atoms with van der Waals surface area (Å²) in [4.78, 5) is 0. The molecule has 0 N–H and O–H groups in total. The maximum atomic E-state index is 15.1. The van der Waals surface area contributed by atoms with E-state index in [2.05, 4.69) is 77.1 Å². The van der Waals surface area contributed by atoms with Gasteiger partial charge in [0.15, 0.2) is 0 Å². The molecule has 0 saturated carbocycles. The van der Waals surface area contributed by atoms with Gasteiger partial charge in [0, 0.05) is 5.92 Å². The molecule has 1 aliphatic rings. The Morgan fingerprint density at radius 1 is 0.967 bits per heavy atom. The molecule has 2 aromatic rings. The Hall–Kier alpha value is -2.41. The minimum Gasteiger partial charge on any atom is -0.242 e. The number of benzene rings is 2. The van der Waals surface area contributed by atoms with Crippen molar-refractivity contribution in [2.75, 3.05) is 0 Å². The third-order valence-corrected chi connectivity index (χ3v) is 6.34. The zero-order chi connectivity index (χ0) is 21.7. The molecule has 2 aromatic carbocycles. The van der Waals surface area contributed by atoms with Crippen LogP contribution in [0.25, 0.3) is 5.57 Å². The highest BCUT2D eigenvalue weighted by Gasteiger charge is 2.27. The second kappa shape index (κ2) is 10.1. The average Bonchev–Trinajstić information content (AvgIpc) is 2.75. The van der Waals surface area contributed by atoms with Crippen molar-refractivity contribution in [2.45, 2.75) is 59.0 Å². The molecule has 1 aliphatic carbocycles. The number of halogens is 1. The zero-order valence-electron chi connectivity index (χ0n) is 19.0. The Balaban J connectivity index is 1.79. The summed E-state index contributed by atoms with van der Waals surface area (Å²) in [6, 6.07) is 18.9. The Labute approximate surface area is 182 Å². The van der Waals surface area contributed by atoms with Crippen molar-refractivity contribution in [3.63, 3.8) is 0 Å². The zero-order valence-corrected chi connectivity index (χ0v) is 19.0. The van der Waals surface area contributed by atoms with Gasteiger partial charge < -0.3 is 0 Å². The van der Waals surface area contributed by atoms with Crippen molar-refractivity contribution in [3.8, 4) is 0 Å². The molecule has 0 spiro atoms. The molecule has 30 heavy (non-hydrogen) atoms. The van der Waals surface area contributed by atoms with E-state index >= 15 is 4.39 Å². The molecule has 0 radical (unpaired) electrons. The molecule has 0 heterocycles. The fourth-order valence-electron chi connectivity index (χ4n) is 4.34. The summed E-state index contributed by atoms with van der Waals surface area (Å²) in [7, 11) is 0. The van der Waals surface area contributed by atoms with E-state index in [0.29, 0.717) is 17.8 Å². The highest BCUT2D eigenvalue weighted by Crippen LogP contribution is 2.38. The van der Waals surface area contributed by atoms with Crippen LogP contribution < -0.4 is 0 Å². The Bertz CT molecular complexity index is 897. The monoisotopic (exact) mass is 402 g/mol. The smallest absolute Gasteiger partial charge is 0.129 e. The standard InChI is InChI=1S/C29H35F/c1-6-22(24-14-12-23(13-15-24)20(2)3)18-28(21(4)5)26-16-17-27(29(30)19-26)25-10-8-7-9-11-25/h6-17,19-21,27-29H,18H2,1-5H3/b22-6+. The van der Waals surface area contributed by atoms with E-state index < -0.39 is 6.17 Å². The molecule has 3 atom stereocenters. The van der Waals surface area contributed by atoms with Gasteiger partial charge in [-0.3, -0.25) is 0 Å². The van der Waals surface area contributed by atoms with E-state index in [4.69, 9.17) is 0 Å². The molecule has 0 fully saturated rings. The summed E-state index contributed by atoms with van der Waals surface area (Å²) >= 11 is 0. The van der Waals surface area contributed by atoms with Crippen molar-refractivity contribution in [1.82, 2.24) is 0 Å². The first-order chi connectivity index (χ1) is 14.4. The lowest BCUT2D eigenvalue weighted by Crippen LogP contribution is -2.19. The molecule has 1 heteroatoms. The molecule has 3 unspecified atom stereocenters. The quantitative estimate of drug-likeness (QED) is 0.435. The van der Waals surface area contributed by atoms with Crippen molar-refractivity contribution in [2.24, 2.45) is 11.8 Å². The maximum absolute atomic E-state index is 15.1. The average molecular weight is 403 g/mol. The summed E-state index contributed by atoms with van der Waals surface area (Å²) in [5, 5.41) is 0. The van der Waals surface area contributed by atoms with E-state index in [0.717, 1.165) is 17.6 Å². The SMILES string of the molecule is C/C=C(\CC(C1=CC(F)C(c2ccccc2)C=C1)C(C)C)c1ccc(C(C)C)cc1. The van der Waals surface area contributed by atoms with Gasteiger partial charge in [0.2, 0.25) is 0 Å². The minimum atomic E-state index is -0.979. The first-order valence-corrected chi connectivity index (χ1v) is 11.2. The topological polar surface area (TPSA) is 0 Å². The predicted molar refractivity (Wildman–Crippen MR) is 128 cm³/mol. The van der Waals surface area contributed by atoms with Gasteiger partial charge in [0.05, 0.1) is 0 Å².